The average Bonchev–Trinajstić information content (AvgIpc) is 3.16. The quantitative estimate of drug-likeness (QED) is 0.344. The van der Waals surface area contributed by atoms with Gasteiger partial charge in [0.15, 0.2) is 5.65 Å². The summed E-state index contributed by atoms with van der Waals surface area (Å²) >= 11 is 5.99. The molecule has 29 heavy (non-hydrogen) atoms. The lowest BCUT2D eigenvalue weighted by Gasteiger charge is -2.15. The summed E-state index contributed by atoms with van der Waals surface area (Å²) in [5.41, 5.74) is 3.91. The zero-order valence-electron chi connectivity index (χ0n) is 16.1. The molecule has 7 heteroatoms. The van der Waals surface area contributed by atoms with Crippen LogP contribution in [0.3, 0.4) is 0 Å². The van der Waals surface area contributed by atoms with Gasteiger partial charge in [-0.2, -0.15) is 5.10 Å². The third kappa shape index (κ3) is 3.47. The number of carbonyl (C=O) groups excluding carboxylic acids is 1. The second-order valence-electron chi connectivity index (χ2n) is 6.36. The van der Waals surface area contributed by atoms with Crippen molar-refractivity contribution in [3.63, 3.8) is 0 Å². The molecule has 0 N–H and O–H groups in total. The van der Waals surface area contributed by atoms with Crippen LogP contribution in [0.25, 0.3) is 33.4 Å². The number of nitrogens with zero attached hydrogens (tertiary/aromatic N) is 4. The van der Waals surface area contributed by atoms with E-state index in [9.17, 15) is 4.79 Å². The highest BCUT2D eigenvalue weighted by atomic mass is 35.5. The van der Waals surface area contributed by atoms with E-state index in [2.05, 4.69) is 10.1 Å². The number of halogens is 1. The van der Waals surface area contributed by atoms with Crippen molar-refractivity contribution < 1.29 is 9.53 Å². The lowest BCUT2D eigenvalue weighted by atomic mass is 9.94. The number of pyridine rings is 2. The Morgan fingerprint density at radius 3 is 2.52 bits per heavy atom. The summed E-state index contributed by atoms with van der Waals surface area (Å²) in [6, 6.07) is 13.1. The van der Waals surface area contributed by atoms with Crippen molar-refractivity contribution in [3.05, 3.63) is 65.6 Å². The van der Waals surface area contributed by atoms with Crippen molar-refractivity contribution in [3.8, 4) is 22.4 Å². The van der Waals surface area contributed by atoms with Crippen molar-refractivity contribution in [2.45, 2.75) is 20.4 Å². The monoisotopic (exact) mass is 406 g/mol. The molecule has 1 aromatic carbocycles. The highest BCUT2D eigenvalue weighted by Gasteiger charge is 2.26. The number of esters is 1. The fourth-order valence-electron chi connectivity index (χ4n) is 3.35. The van der Waals surface area contributed by atoms with Gasteiger partial charge in [-0.25, -0.2) is 19.4 Å². The third-order valence-corrected chi connectivity index (χ3v) is 4.85. The normalized spacial score (nSPS) is 11.0. The first-order valence-corrected chi connectivity index (χ1v) is 9.75. The topological polar surface area (TPSA) is 69.9 Å². The van der Waals surface area contributed by atoms with Crippen LogP contribution in [0.1, 0.15) is 24.2 Å². The Hall–Kier alpha value is -3.25. The van der Waals surface area contributed by atoms with E-state index < -0.39 is 5.97 Å². The summed E-state index contributed by atoms with van der Waals surface area (Å²) in [4.78, 5) is 22.1. The van der Waals surface area contributed by atoms with E-state index in [1.54, 1.807) is 25.4 Å². The number of aromatic nitrogens is 4. The van der Waals surface area contributed by atoms with Gasteiger partial charge < -0.3 is 4.74 Å². The standard InChI is InChI=1S/C22H19ClN4O2/c1-3-27-21-16(13-25-27)18(15-10-11-17(23)24-12-15)19(22(28)29-4-2)20(26-21)14-8-6-5-7-9-14/h5-13H,3-4H2,1-2H3. The minimum Gasteiger partial charge on any atom is -0.462 e. The molecule has 4 rings (SSSR count). The van der Waals surface area contributed by atoms with Crippen LogP contribution in [-0.4, -0.2) is 32.3 Å². The highest BCUT2D eigenvalue weighted by molar-refractivity contribution is 6.29. The van der Waals surface area contributed by atoms with Crippen molar-refractivity contribution in [1.82, 2.24) is 19.7 Å². The first kappa shape index (κ1) is 19.1. The number of carbonyl (C=O) groups is 1. The summed E-state index contributed by atoms with van der Waals surface area (Å²) in [7, 11) is 0. The first-order chi connectivity index (χ1) is 14.1. The van der Waals surface area contributed by atoms with E-state index in [0.717, 1.165) is 16.5 Å². The summed E-state index contributed by atoms with van der Waals surface area (Å²) in [5, 5.41) is 5.60. The first-order valence-electron chi connectivity index (χ1n) is 9.38. The van der Waals surface area contributed by atoms with Gasteiger partial charge in [-0.1, -0.05) is 41.9 Å². The van der Waals surface area contributed by atoms with Crippen molar-refractivity contribution in [1.29, 1.82) is 0 Å². The zero-order valence-corrected chi connectivity index (χ0v) is 16.8. The van der Waals surface area contributed by atoms with Gasteiger partial charge >= 0.3 is 5.97 Å². The van der Waals surface area contributed by atoms with Gasteiger partial charge in [0.25, 0.3) is 0 Å². The van der Waals surface area contributed by atoms with E-state index in [1.807, 2.05) is 48.0 Å². The fourth-order valence-corrected chi connectivity index (χ4v) is 3.46. The molecule has 0 amide bonds. The largest absolute Gasteiger partial charge is 0.462 e. The highest BCUT2D eigenvalue weighted by Crippen LogP contribution is 2.37. The number of hydrogen-bond acceptors (Lipinski definition) is 5. The van der Waals surface area contributed by atoms with Gasteiger partial charge in [0.1, 0.15) is 5.15 Å². The molecular weight excluding hydrogens is 388 g/mol. The molecule has 0 unspecified atom stereocenters. The Labute approximate surface area is 173 Å². The number of rotatable bonds is 5. The van der Waals surface area contributed by atoms with Crippen LogP contribution < -0.4 is 0 Å². The molecule has 0 saturated heterocycles. The molecule has 0 saturated carbocycles. The van der Waals surface area contributed by atoms with Crippen LogP contribution >= 0.6 is 11.6 Å². The summed E-state index contributed by atoms with van der Waals surface area (Å²) < 4.78 is 7.21. The van der Waals surface area contributed by atoms with Gasteiger partial charge in [-0.05, 0) is 26.0 Å². The van der Waals surface area contributed by atoms with Crippen molar-refractivity contribution in [2.75, 3.05) is 6.61 Å². The lowest BCUT2D eigenvalue weighted by Crippen LogP contribution is -2.11. The predicted molar refractivity (Wildman–Crippen MR) is 113 cm³/mol. The maximum absolute atomic E-state index is 13.1. The number of fused-ring (bicyclic) bond motifs is 1. The van der Waals surface area contributed by atoms with Crippen LogP contribution in [0.4, 0.5) is 0 Å². The molecule has 3 heterocycles. The van der Waals surface area contributed by atoms with Crippen LogP contribution in [0.15, 0.2) is 54.9 Å². The Kier molecular flexibility index (Phi) is 5.27. The van der Waals surface area contributed by atoms with Crippen LogP contribution in [-0.2, 0) is 11.3 Å². The molecule has 4 aromatic rings. The Balaban J connectivity index is 2.14. The smallest absolute Gasteiger partial charge is 0.341 e. The minimum atomic E-state index is -0.435. The third-order valence-electron chi connectivity index (χ3n) is 4.63. The molecule has 0 spiro atoms. The molecule has 0 atom stereocenters. The fraction of sp³-hybridized carbons (Fsp3) is 0.182. The van der Waals surface area contributed by atoms with Crippen molar-refractivity contribution in [2.24, 2.45) is 0 Å². The SMILES string of the molecule is CCOC(=O)c1c(-c2ccccc2)nc2c(cnn2CC)c1-c1ccc(Cl)nc1. The number of ether oxygens (including phenoxy) is 1. The molecule has 3 aromatic heterocycles. The van der Waals surface area contributed by atoms with E-state index in [0.29, 0.717) is 34.2 Å². The number of hydrogen-bond donors (Lipinski definition) is 0. The van der Waals surface area contributed by atoms with E-state index >= 15 is 0 Å². The Morgan fingerprint density at radius 2 is 1.86 bits per heavy atom. The molecule has 0 radical (unpaired) electrons. The van der Waals surface area contributed by atoms with Crippen LogP contribution in [0.2, 0.25) is 5.15 Å². The maximum Gasteiger partial charge on any atom is 0.341 e. The molecule has 6 nitrogen and oxygen atoms in total. The Morgan fingerprint density at radius 1 is 1.07 bits per heavy atom. The van der Waals surface area contributed by atoms with Gasteiger partial charge in [-0.15, -0.1) is 0 Å². The molecule has 0 fully saturated rings. The van der Waals surface area contributed by atoms with Crippen molar-refractivity contribution >= 4 is 28.6 Å². The number of aryl methyl sites for hydroxylation is 1. The molecule has 0 aliphatic rings. The minimum absolute atomic E-state index is 0.262. The van der Waals surface area contributed by atoms with Crippen LogP contribution in [0, 0.1) is 0 Å². The summed E-state index contributed by atoms with van der Waals surface area (Å²) in [5.74, 6) is -0.435. The Bertz CT molecular complexity index is 1170. The lowest BCUT2D eigenvalue weighted by molar-refractivity contribution is 0.0528. The molecular formula is C22H19ClN4O2. The summed E-state index contributed by atoms with van der Waals surface area (Å²) in [6.07, 6.45) is 3.38. The van der Waals surface area contributed by atoms with Gasteiger partial charge in [-0.3, -0.25) is 0 Å². The van der Waals surface area contributed by atoms with Gasteiger partial charge in [0.05, 0.1) is 24.1 Å². The average molecular weight is 407 g/mol. The van der Waals surface area contributed by atoms with E-state index in [1.165, 1.54) is 0 Å². The molecule has 0 aliphatic carbocycles. The zero-order chi connectivity index (χ0) is 20.4. The molecule has 146 valence electrons. The van der Waals surface area contributed by atoms with Gasteiger partial charge in [0.2, 0.25) is 0 Å². The van der Waals surface area contributed by atoms with Crippen LogP contribution in [0.5, 0.6) is 0 Å². The predicted octanol–water partition coefficient (Wildman–Crippen LogP) is 5.01. The second-order valence-corrected chi connectivity index (χ2v) is 6.75. The van der Waals surface area contributed by atoms with Gasteiger partial charge in [0, 0.05) is 34.8 Å². The second kappa shape index (κ2) is 8.01. The maximum atomic E-state index is 13.1. The molecule has 0 bridgehead atoms. The van der Waals surface area contributed by atoms with E-state index in [4.69, 9.17) is 21.3 Å². The summed E-state index contributed by atoms with van der Waals surface area (Å²) in [6.45, 7) is 4.70. The number of benzene rings is 1. The van der Waals surface area contributed by atoms with E-state index in [-0.39, 0.29) is 6.61 Å². The molecule has 0 aliphatic heterocycles.